The highest BCUT2D eigenvalue weighted by molar-refractivity contribution is 5.88. The predicted octanol–water partition coefficient (Wildman–Crippen LogP) is 2.74. The van der Waals surface area contributed by atoms with Gasteiger partial charge < -0.3 is 9.84 Å². The number of fused-ring (bicyclic) bond motifs is 1. The van der Waals surface area contributed by atoms with E-state index in [0.29, 0.717) is 6.61 Å². The number of aliphatic hydroxyl groups is 1. The summed E-state index contributed by atoms with van der Waals surface area (Å²) >= 11 is 0. The number of aliphatic hydroxyl groups excluding tert-OH is 1. The summed E-state index contributed by atoms with van der Waals surface area (Å²) in [5, 5.41) is 11.9. The molecular weight excluding hydrogens is 252 g/mol. The van der Waals surface area contributed by atoms with Gasteiger partial charge in [0.1, 0.15) is 6.10 Å². The fourth-order valence-corrected chi connectivity index (χ4v) is 2.33. The summed E-state index contributed by atoms with van der Waals surface area (Å²) in [6.45, 7) is 3.82. The fourth-order valence-electron chi connectivity index (χ4n) is 2.33. The summed E-state index contributed by atoms with van der Waals surface area (Å²) in [4.78, 5) is 12.2. The first-order chi connectivity index (χ1) is 9.61. The average molecular weight is 272 g/mol. The smallest absolute Gasteiger partial charge is 0.168 e. The van der Waals surface area contributed by atoms with Crippen molar-refractivity contribution in [2.24, 2.45) is 0 Å². The number of benzene rings is 2. The van der Waals surface area contributed by atoms with Crippen molar-refractivity contribution in [2.75, 3.05) is 6.61 Å². The van der Waals surface area contributed by atoms with Gasteiger partial charge in [0.15, 0.2) is 5.78 Å². The minimum absolute atomic E-state index is 0.0860. The highest BCUT2D eigenvalue weighted by Crippen LogP contribution is 2.17. The molecule has 0 saturated carbocycles. The van der Waals surface area contributed by atoms with Crippen molar-refractivity contribution in [2.45, 2.75) is 32.5 Å². The second kappa shape index (κ2) is 6.64. The van der Waals surface area contributed by atoms with E-state index >= 15 is 0 Å². The van der Waals surface area contributed by atoms with Gasteiger partial charge in [-0.05, 0) is 30.2 Å². The van der Waals surface area contributed by atoms with Gasteiger partial charge in [-0.3, -0.25) is 4.79 Å². The Morgan fingerprint density at radius 1 is 1.20 bits per heavy atom. The van der Waals surface area contributed by atoms with Crippen molar-refractivity contribution in [1.82, 2.24) is 0 Å². The van der Waals surface area contributed by atoms with Crippen LogP contribution in [0.3, 0.4) is 0 Å². The van der Waals surface area contributed by atoms with Gasteiger partial charge in [-0.15, -0.1) is 0 Å². The number of ketones is 1. The molecule has 0 heterocycles. The molecule has 2 atom stereocenters. The second-order valence-corrected chi connectivity index (χ2v) is 4.94. The molecule has 0 saturated heterocycles. The maximum Gasteiger partial charge on any atom is 0.168 e. The third-order valence-electron chi connectivity index (χ3n) is 3.29. The van der Waals surface area contributed by atoms with Gasteiger partial charge in [0.2, 0.25) is 0 Å². The van der Waals surface area contributed by atoms with Crippen molar-refractivity contribution in [1.29, 1.82) is 0 Å². The molecular formula is C17H20O3. The zero-order valence-corrected chi connectivity index (χ0v) is 11.9. The number of ether oxygens (including phenoxy) is 1. The van der Waals surface area contributed by atoms with Gasteiger partial charge in [-0.2, -0.15) is 0 Å². The van der Waals surface area contributed by atoms with Crippen LogP contribution < -0.4 is 0 Å². The summed E-state index contributed by atoms with van der Waals surface area (Å²) in [6, 6.07) is 14.0. The SMILES string of the molecule is CCOC(C(=O)Cc1ccc2ccccc2c1)C(C)O. The molecule has 0 aromatic heterocycles. The zero-order valence-electron chi connectivity index (χ0n) is 11.9. The minimum Gasteiger partial charge on any atom is -0.390 e. The number of carbonyl (C=O) groups is 1. The molecule has 0 fully saturated rings. The molecule has 106 valence electrons. The summed E-state index contributed by atoms with van der Waals surface area (Å²) in [5.41, 5.74) is 0.944. The van der Waals surface area contributed by atoms with Crippen LogP contribution in [0.25, 0.3) is 10.8 Å². The Morgan fingerprint density at radius 2 is 1.90 bits per heavy atom. The number of carbonyl (C=O) groups excluding carboxylic acids is 1. The second-order valence-electron chi connectivity index (χ2n) is 4.94. The number of rotatable bonds is 6. The molecule has 1 N–H and O–H groups in total. The first kappa shape index (κ1) is 14.7. The molecule has 0 aliphatic carbocycles. The average Bonchev–Trinajstić information content (AvgIpc) is 2.44. The van der Waals surface area contributed by atoms with Gasteiger partial charge in [0.05, 0.1) is 6.10 Å². The normalized spacial score (nSPS) is 14.2. The van der Waals surface area contributed by atoms with Crippen LogP contribution in [-0.2, 0) is 16.0 Å². The lowest BCUT2D eigenvalue weighted by molar-refractivity contribution is -0.136. The van der Waals surface area contributed by atoms with E-state index in [0.717, 1.165) is 16.3 Å². The van der Waals surface area contributed by atoms with E-state index in [1.807, 2.05) is 49.4 Å². The van der Waals surface area contributed by atoms with Crippen LogP contribution in [0.15, 0.2) is 42.5 Å². The third-order valence-corrected chi connectivity index (χ3v) is 3.29. The van der Waals surface area contributed by atoms with E-state index in [2.05, 4.69) is 0 Å². The van der Waals surface area contributed by atoms with Gasteiger partial charge in [-0.1, -0.05) is 42.5 Å². The van der Waals surface area contributed by atoms with Gasteiger partial charge in [0.25, 0.3) is 0 Å². The van der Waals surface area contributed by atoms with Gasteiger partial charge >= 0.3 is 0 Å². The number of Topliss-reactive ketones (excluding diaryl/α,β-unsaturated/α-hetero) is 1. The standard InChI is InChI=1S/C17H20O3/c1-3-20-17(12(2)18)16(19)11-13-8-9-14-6-4-5-7-15(14)10-13/h4-10,12,17-18H,3,11H2,1-2H3. The molecule has 3 nitrogen and oxygen atoms in total. The van der Waals surface area contributed by atoms with Crippen LogP contribution in [0.1, 0.15) is 19.4 Å². The van der Waals surface area contributed by atoms with E-state index in [4.69, 9.17) is 4.74 Å². The van der Waals surface area contributed by atoms with E-state index in [-0.39, 0.29) is 12.2 Å². The van der Waals surface area contributed by atoms with Crippen LogP contribution in [0.2, 0.25) is 0 Å². The summed E-state index contributed by atoms with van der Waals surface area (Å²) in [5.74, 6) is -0.0860. The Bertz CT molecular complexity index is 590. The van der Waals surface area contributed by atoms with Gasteiger partial charge in [-0.25, -0.2) is 0 Å². The van der Waals surface area contributed by atoms with Gasteiger partial charge in [0, 0.05) is 13.0 Å². The van der Waals surface area contributed by atoms with Crippen LogP contribution >= 0.6 is 0 Å². The van der Waals surface area contributed by atoms with E-state index in [1.165, 1.54) is 0 Å². The molecule has 0 bridgehead atoms. The molecule has 20 heavy (non-hydrogen) atoms. The highest BCUT2D eigenvalue weighted by atomic mass is 16.5. The quantitative estimate of drug-likeness (QED) is 0.879. The molecule has 0 spiro atoms. The van der Waals surface area contributed by atoms with Crippen LogP contribution in [-0.4, -0.2) is 29.7 Å². The van der Waals surface area contributed by atoms with Crippen LogP contribution in [0.4, 0.5) is 0 Å². The summed E-state index contributed by atoms with van der Waals surface area (Å²) < 4.78 is 5.33. The van der Waals surface area contributed by atoms with Crippen molar-refractivity contribution in [3.8, 4) is 0 Å². The summed E-state index contributed by atoms with van der Waals surface area (Å²) in [6.07, 6.45) is -1.25. The molecule has 2 aromatic carbocycles. The monoisotopic (exact) mass is 272 g/mol. The van der Waals surface area contributed by atoms with Crippen LogP contribution in [0, 0.1) is 0 Å². The molecule has 0 aliphatic heterocycles. The zero-order chi connectivity index (χ0) is 14.5. The van der Waals surface area contributed by atoms with Crippen molar-refractivity contribution >= 4 is 16.6 Å². The Morgan fingerprint density at radius 3 is 2.55 bits per heavy atom. The molecule has 2 unspecified atom stereocenters. The Hall–Kier alpha value is -1.71. The lowest BCUT2D eigenvalue weighted by Gasteiger charge is -2.18. The fraction of sp³-hybridized carbons (Fsp3) is 0.353. The number of hydrogen-bond donors (Lipinski definition) is 1. The Labute approximate surface area is 119 Å². The topological polar surface area (TPSA) is 46.5 Å². The predicted molar refractivity (Wildman–Crippen MR) is 79.8 cm³/mol. The van der Waals surface area contributed by atoms with Crippen molar-refractivity contribution in [3.05, 3.63) is 48.0 Å². The Balaban J connectivity index is 2.16. The maximum atomic E-state index is 12.2. The number of hydrogen-bond acceptors (Lipinski definition) is 3. The third kappa shape index (κ3) is 3.44. The van der Waals surface area contributed by atoms with Crippen molar-refractivity contribution in [3.63, 3.8) is 0 Å². The molecule has 0 aliphatic rings. The maximum absolute atomic E-state index is 12.2. The molecule has 2 rings (SSSR count). The molecule has 3 heteroatoms. The van der Waals surface area contributed by atoms with Crippen LogP contribution in [0.5, 0.6) is 0 Å². The van der Waals surface area contributed by atoms with E-state index < -0.39 is 12.2 Å². The molecule has 2 aromatic rings. The van der Waals surface area contributed by atoms with E-state index in [9.17, 15) is 9.90 Å². The first-order valence-electron chi connectivity index (χ1n) is 6.92. The van der Waals surface area contributed by atoms with Crippen molar-refractivity contribution < 1.29 is 14.6 Å². The highest BCUT2D eigenvalue weighted by Gasteiger charge is 2.23. The largest absolute Gasteiger partial charge is 0.390 e. The first-order valence-corrected chi connectivity index (χ1v) is 6.92. The lowest BCUT2D eigenvalue weighted by Crippen LogP contribution is -2.35. The Kier molecular flexibility index (Phi) is 4.88. The molecule has 0 amide bonds. The minimum atomic E-state index is -0.789. The lowest BCUT2D eigenvalue weighted by atomic mass is 10.00. The molecule has 0 radical (unpaired) electrons. The van der Waals surface area contributed by atoms with E-state index in [1.54, 1.807) is 6.92 Å². The summed E-state index contributed by atoms with van der Waals surface area (Å²) in [7, 11) is 0.